The predicted molar refractivity (Wildman–Crippen MR) is 84.3 cm³/mol. The molecule has 1 amide bonds. The number of aromatic nitrogens is 2. The van der Waals surface area contributed by atoms with E-state index in [9.17, 15) is 9.18 Å². The van der Waals surface area contributed by atoms with E-state index in [1.165, 1.54) is 24.3 Å². The van der Waals surface area contributed by atoms with E-state index in [0.29, 0.717) is 30.2 Å². The molecule has 0 saturated carbocycles. The molecule has 0 saturated heterocycles. The van der Waals surface area contributed by atoms with E-state index in [2.05, 4.69) is 20.6 Å². The lowest BCUT2D eigenvalue weighted by atomic mass is 10.3. The molecule has 2 aromatic rings. The highest BCUT2D eigenvalue weighted by atomic mass is 19.1. The Hall–Kier alpha value is -2.61. The van der Waals surface area contributed by atoms with Gasteiger partial charge >= 0.3 is 0 Å². The van der Waals surface area contributed by atoms with Crippen LogP contribution in [0.2, 0.25) is 0 Å². The fourth-order valence-corrected chi connectivity index (χ4v) is 2.01. The van der Waals surface area contributed by atoms with Crippen LogP contribution in [0.5, 0.6) is 0 Å². The first-order valence-electron chi connectivity index (χ1n) is 7.19. The Balaban J connectivity index is 2.14. The topological polar surface area (TPSA) is 97.7 Å². The highest BCUT2D eigenvalue weighted by Crippen LogP contribution is 2.25. The van der Waals surface area contributed by atoms with E-state index < -0.39 is 0 Å². The number of hydrogen-bond donors (Lipinski definition) is 2. The second kappa shape index (κ2) is 7.59. The summed E-state index contributed by atoms with van der Waals surface area (Å²) >= 11 is 0. The first kappa shape index (κ1) is 16.8. The van der Waals surface area contributed by atoms with Crippen molar-refractivity contribution in [2.45, 2.75) is 20.4 Å². The minimum absolute atomic E-state index is 0.0960. The third kappa shape index (κ3) is 4.43. The van der Waals surface area contributed by atoms with Crippen LogP contribution >= 0.6 is 0 Å². The average molecular weight is 318 g/mol. The van der Waals surface area contributed by atoms with Gasteiger partial charge in [-0.05, 0) is 38.1 Å². The van der Waals surface area contributed by atoms with E-state index in [1.807, 2.05) is 6.92 Å². The van der Waals surface area contributed by atoms with Crippen LogP contribution in [0.25, 0.3) is 0 Å². The molecule has 3 N–H and O–H groups in total. The molecule has 0 aliphatic carbocycles. The fraction of sp³-hybridized carbons (Fsp3) is 0.333. The Bertz CT molecular complexity index is 708. The van der Waals surface area contributed by atoms with Crippen molar-refractivity contribution in [3.05, 3.63) is 41.5 Å². The van der Waals surface area contributed by atoms with Gasteiger partial charge in [-0.25, -0.2) is 4.39 Å². The van der Waals surface area contributed by atoms with Gasteiger partial charge in [0.2, 0.25) is 5.91 Å². The number of rotatable bonds is 6. The number of carbonyl (C=O) groups is 1. The maximum absolute atomic E-state index is 12.9. The summed E-state index contributed by atoms with van der Waals surface area (Å²) in [4.78, 5) is 11.7. The molecule has 1 heterocycles. The number of nitrogens with two attached hydrogens (primary N) is 1. The van der Waals surface area contributed by atoms with Crippen LogP contribution in [0.15, 0.2) is 34.5 Å². The number of hydrogen-bond acceptors (Lipinski definition) is 5. The summed E-state index contributed by atoms with van der Waals surface area (Å²) < 4.78 is 14.4. The SMILES string of the molecule is Cc1nn(CC(=O)NCCN)c(C)c1N=Nc1ccc(F)cc1. The molecule has 1 aromatic carbocycles. The quantitative estimate of drug-likeness (QED) is 0.798. The normalized spacial score (nSPS) is 11.1. The van der Waals surface area contributed by atoms with Gasteiger partial charge in [0.05, 0.1) is 17.1 Å². The molecule has 0 aliphatic rings. The van der Waals surface area contributed by atoms with Gasteiger partial charge in [0.25, 0.3) is 0 Å². The molecule has 7 nitrogen and oxygen atoms in total. The van der Waals surface area contributed by atoms with Gasteiger partial charge in [0.15, 0.2) is 0 Å². The number of nitrogens with one attached hydrogen (secondary N) is 1. The summed E-state index contributed by atoms with van der Waals surface area (Å²) in [6, 6.07) is 5.71. The third-order valence-corrected chi connectivity index (χ3v) is 3.20. The van der Waals surface area contributed by atoms with Crippen LogP contribution in [-0.2, 0) is 11.3 Å². The highest BCUT2D eigenvalue weighted by molar-refractivity contribution is 5.75. The summed E-state index contributed by atoms with van der Waals surface area (Å²) in [6.07, 6.45) is 0. The summed E-state index contributed by atoms with van der Waals surface area (Å²) in [6.45, 7) is 4.52. The molecule has 2 rings (SSSR count). The Kier molecular flexibility index (Phi) is 5.53. The molecule has 122 valence electrons. The van der Waals surface area contributed by atoms with Crippen LogP contribution in [-0.4, -0.2) is 28.8 Å². The zero-order chi connectivity index (χ0) is 16.8. The molecule has 0 aliphatic heterocycles. The smallest absolute Gasteiger partial charge is 0.241 e. The van der Waals surface area contributed by atoms with E-state index >= 15 is 0 Å². The summed E-state index contributed by atoms with van der Waals surface area (Å²) in [7, 11) is 0. The van der Waals surface area contributed by atoms with Crippen LogP contribution in [0.4, 0.5) is 15.8 Å². The van der Waals surface area contributed by atoms with Crippen molar-refractivity contribution < 1.29 is 9.18 Å². The number of aryl methyl sites for hydroxylation is 1. The molecule has 1 aromatic heterocycles. The molecule has 0 radical (unpaired) electrons. The van der Waals surface area contributed by atoms with E-state index in [0.717, 1.165) is 5.69 Å². The lowest BCUT2D eigenvalue weighted by Crippen LogP contribution is -2.32. The van der Waals surface area contributed by atoms with E-state index in [1.54, 1.807) is 11.6 Å². The second-order valence-corrected chi connectivity index (χ2v) is 4.99. The maximum atomic E-state index is 12.9. The van der Waals surface area contributed by atoms with Gasteiger partial charge in [0.1, 0.15) is 18.0 Å². The van der Waals surface area contributed by atoms with E-state index in [4.69, 9.17) is 5.73 Å². The van der Waals surface area contributed by atoms with Gasteiger partial charge in [0, 0.05) is 13.1 Å². The van der Waals surface area contributed by atoms with Crippen molar-refractivity contribution in [2.75, 3.05) is 13.1 Å². The Morgan fingerprint density at radius 1 is 1.30 bits per heavy atom. The third-order valence-electron chi connectivity index (χ3n) is 3.20. The molecule has 23 heavy (non-hydrogen) atoms. The molecule has 0 spiro atoms. The lowest BCUT2D eigenvalue weighted by Gasteiger charge is -2.05. The second-order valence-electron chi connectivity index (χ2n) is 4.99. The van der Waals surface area contributed by atoms with Crippen LogP contribution in [0.3, 0.4) is 0 Å². The maximum Gasteiger partial charge on any atom is 0.241 e. The fourth-order valence-electron chi connectivity index (χ4n) is 2.01. The molecule has 8 heteroatoms. The summed E-state index contributed by atoms with van der Waals surface area (Å²) in [5.74, 6) is -0.490. The molecule has 0 unspecified atom stereocenters. The first-order valence-corrected chi connectivity index (χ1v) is 7.19. The number of carbonyl (C=O) groups excluding carboxylic acids is 1. The van der Waals surface area contributed by atoms with Crippen molar-refractivity contribution in [1.29, 1.82) is 0 Å². The minimum atomic E-state index is -0.326. The zero-order valence-electron chi connectivity index (χ0n) is 13.1. The monoisotopic (exact) mass is 318 g/mol. The van der Waals surface area contributed by atoms with Crippen molar-refractivity contribution >= 4 is 17.3 Å². The van der Waals surface area contributed by atoms with Gasteiger partial charge < -0.3 is 11.1 Å². The zero-order valence-corrected chi connectivity index (χ0v) is 13.1. The first-order chi connectivity index (χ1) is 11.0. The number of amides is 1. The molecule has 0 atom stereocenters. The largest absolute Gasteiger partial charge is 0.353 e. The lowest BCUT2D eigenvalue weighted by molar-refractivity contribution is -0.121. The molecule has 0 bridgehead atoms. The van der Waals surface area contributed by atoms with Gasteiger partial charge in [-0.1, -0.05) is 0 Å². The highest BCUT2D eigenvalue weighted by Gasteiger charge is 2.13. The Labute approximate surface area is 133 Å². The van der Waals surface area contributed by atoms with Crippen LogP contribution < -0.4 is 11.1 Å². The molecular formula is C15H19FN6O. The Morgan fingerprint density at radius 2 is 2.00 bits per heavy atom. The van der Waals surface area contributed by atoms with Gasteiger partial charge in [-0.2, -0.15) is 10.2 Å². The minimum Gasteiger partial charge on any atom is -0.353 e. The molecule has 0 fully saturated rings. The molecular weight excluding hydrogens is 299 g/mol. The number of halogens is 1. The standard InChI is InChI=1S/C15H19FN6O/c1-10-15(20-19-13-5-3-12(16)4-6-13)11(2)22(21-10)9-14(23)18-8-7-17/h3-6H,7-9,17H2,1-2H3,(H,18,23). The average Bonchev–Trinajstić information content (AvgIpc) is 2.79. The van der Waals surface area contributed by atoms with Crippen LogP contribution in [0.1, 0.15) is 11.4 Å². The Morgan fingerprint density at radius 3 is 2.65 bits per heavy atom. The number of azo groups is 1. The van der Waals surface area contributed by atoms with Crippen molar-refractivity contribution in [2.24, 2.45) is 16.0 Å². The van der Waals surface area contributed by atoms with Gasteiger partial charge in [-0.15, -0.1) is 5.11 Å². The predicted octanol–water partition coefficient (Wildman–Crippen LogP) is 2.13. The van der Waals surface area contributed by atoms with Crippen molar-refractivity contribution in [3.8, 4) is 0 Å². The number of nitrogens with zero attached hydrogens (tertiary/aromatic N) is 4. The van der Waals surface area contributed by atoms with Crippen molar-refractivity contribution in [3.63, 3.8) is 0 Å². The van der Waals surface area contributed by atoms with Gasteiger partial charge in [-0.3, -0.25) is 9.48 Å². The summed E-state index contributed by atoms with van der Waals surface area (Å²) in [5.41, 5.74) is 7.88. The summed E-state index contributed by atoms with van der Waals surface area (Å²) in [5, 5.41) is 15.2. The van der Waals surface area contributed by atoms with Crippen molar-refractivity contribution in [1.82, 2.24) is 15.1 Å². The number of benzene rings is 1. The van der Waals surface area contributed by atoms with E-state index in [-0.39, 0.29) is 18.3 Å². The van der Waals surface area contributed by atoms with Crippen LogP contribution in [0, 0.1) is 19.7 Å².